The lowest BCUT2D eigenvalue weighted by molar-refractivity contribution is -0.118. The van der Waals surface area contributed by atoms with Gasteiger partial charge in [0.05, 0.1) is 5.69 Å². The van der Waals surface area contributed by atoms with Crippen LogP contribution < -0.4 is 10.1 Å². The predicted octanol–water partition coefficient (Wildman–Crippen LogP) is 2.57. The number of ether oxygens (including phenoxy) is 1. The Morgan fingerprint density at radius 1 is 1.19 bits per heavy atom. The zero-order chi connectivity index (χ0) is 18.7. The van der Waals surface area contributed by atoms with E-state index in [0.717, 1.165) is 23.5 Å². The average Bonchev–Trinajstić information content (AvgIpc) is 2.93. The van der Waals surface area contributed by atoms with Crippen LogP contribution in [0.15, 0.2) is 36.7 Å². The molecule has 3 rings (SSSR count). The summed E-state index contributed by atoms with van der Waals surface area (Å²) in [6, 6.07) is 6.28. The van der Waals surface area contributed by atoms with Crippen molar-refractivity contribution in [3.05, 3.63) is 59.7 Å². The SMILES string of the molecule is Cc1cc(C)n(-c2cc(NC(=O)COc3ccc(F)cc3F)ncn2)n1. The van der Waals surface area contributed by atoms with Gasteiger partial charge in [0, 0.05) is 17.8 Å². The highest BCUT2D eigenvalue weighted by atomic mass is 19.1. The third-order valence-electron chi connectivity index (χ3n) is 3.40. The largest absolute Gasteiger partial charge is 0.481 e. The molecule has 0 fully saturated rings. The van der Waals surface area contributed by atoms with E-state index in [2.05, 4.69) is 20.4 Å². The highest BCUT2D eigenvalue weighted by Gasteiger charge is 2.11. The monoisotopic (exact) mass is 359 g/mol. The van der Waals surface area contributed by atoms with E-state index < -0.39 is 24.1 Å². The van der Waals surface area contributed by atoms with E-state index in [1.54, 1.807) is 10.7 Å². The van der Waals surface area contributed by atoms with Gasteiger partial charge in [-0.3, -0.25) is 4.79 Å². The van der Waals surface area contributed by atoms with Crippen molar-refractivity contribution in [2.75, 3.05) is 11.9 Å². The van der Waals surface area contributed by atoms with E-state index in [1.165, 1.54) is 6.33 Å². The van der Waals surface area contributed by atoms with Gasteiger partial charge in [0.1, 0.15) is 18.0 Å². The summed E-state index contributed by atoms with van der Waals surface area (Å²) in [4.78, 5) is 20.1. The quantitative estimate of drug-likeness (QED) is 0.757. The second-order valence-electron chi connectivity index (χ2n) is 5.51. The first kappa shape index (κ1) is 17.5. The molecule has 0 aliphatic heterocycles. The van der Waals surface area contributed by atoms with Gasteiger partial charge in [0.2, 0.25) is 0 Å². The molecular formula is C17H15F2N5O2. The number of aromatic nitrogens is 4. The first-order valence-electron chi connectivity index (χ1n) is 7.66. The zero-order valence-electron chi connectivity index (χ0n) is 14.0. The van der Waals surface area contributed by atoms with Crippen molar-refractivity contribution >= 4 is 11.7 Å². The number of anilines is 1. The van der Waals surface area contributed by atoms with Crippen LogP contribution in [0.3, 0.4) is 0 Å². The summed E-state index contributed by atoms with van der Waals surface area (Å²) in [6.07, 6.45) is 1.29. The summed E-state index contributed by atoms with van der Waals surface area (Å²) in [6.45, 7) is 3.28. The summed E-state index contributed by atoms with van der Waals surface area (Å²) in [5, 5.41) is 6.84. The van der Waals surface area contributed by atoms with E-state index in [1.807, 2.05) is 19.9 Å². The van der Waals surface area contributed by atoms with E-state index >= 15 is 0 Å². The van der Waals surface area contributed by atoms with Gasteiger partial charge in [-0.15, -0.1) is 0 Å². The van der Waals surface area contributed by atoms with Crippen molar-refractivity contribution in [1.29, 1.82) is 0 Å². The normalized spacial score (nSPS) is 10.6. The molecule has 0 spiro atoms. The molecule has 3 aromatic rings. The Balaban J connectivity index is 1.66. The van der Waals surface area contributed by atoms with Crippen LogP contribution in [-0.4, -0.2) is 32.3 Å². The van der Waals surface area contributed by atoms with Crippen molar-refractivity contribution in [3.63, 3.8) is 0 Å². The molecule has 7 nitrogen and oxygen atoms in total. The third kappa shape index (κ3) is 4.00. The van der Waals surface area contributed by atoms with Gasteiger partial charge in [-0.2, -0.15) is 5.10 Å². The van der Waals surface area contributed by atoms with Crippen LogP contribution in [0.1, 0.15) is 11.4 Å². The lowest BCUT2D eigenvalue weighted by Gasteiger charge is -2.09. The van der Waals surface area contributed by atoms with E-state index in [0.29, 0.717) is 11.9 Å². The number of hydrogen-bond donors (Lipinski definition) is 1. The number of nitrogens with one attached hydrogen (secondary N) is 1. The van der Waals surface area contributed by atoms with Gasteiger partial charge in [-0.1, -0.05) is 0 Å². The molecule has 2 heterocycles. The van der Waals surface area contributed by atoms with Crippen LogP contribution in [0, 0.1) is 25.5 Å². The molecule has 0 aliphatic rings. The minimum atomic E-state index is -0.883. The van der Waals surface area contributed by atoms with Gasteiger partial charge in [-0.05, 0) is 32.0 Å². The topological polar surface area (TPSA) is 81.9 Å². The number of carbonyl (C=O) groups is 1. The highest BCUT2D eigenvalue weighted by Crippen LogP contribution is 2.17. The number of aryl methyl sites for hydroxylation is 2. The predicted molar refractivity (Wildman–Crippen MR) is 89.1 cm³/mol. The molecule has 1 N–H and O–H groups in total. The Morgan fingerprint density at radius 3 is 2.69 bits per heavy atom. The van der Waals surface area contributed by atoms with Crippen molar-refractivity contribution in [1.82, 2.24) is 19.7 Å². The summed E-state index contributed by atoms with van der Waals surface area (Å²) in [7, 11) is 0. The first-order chi connectivity index (χ1) is 12.4. The fourth-order valence-corrected chi connectivity index (χ4v) is 2.31. The number of benzene rings is 1. The molecule has 2 aromatic heterocycles. The van der Waals surface area contributed by atoms with Gasteiger partial charge >= 0.3 is 0 Å². The number of halogens is 2. The smallest absolute Gasteiger partial charge is 0.263 e. The Hall–Kier alpha value is -3.36. The highest BCUT2D eigenvalue weighted by molar-refractivity contribution is 5.91. The van der Waals surface area contributed by atoms with Crippen LogP contribution in [-0.2, 0) is 4.79 Å². The molecule has 1 aromatic carbocycles. The van der Waals surface area contributed by atoms with Crippen LogP contribution in [0.5, 0.6) is 5.75 Å². The van der Waals surface area contributed by atoms with Crippen molar-refractivity contribution in [2.45, 2.75) is 13.8 Å². The van der Waals surface area contributed by atoms with Gasteiger partial charge in [0.25, 0.3) is 5.91 Å². The molecule has 9 heteroatoms. The molecule has 134 valence electrons. The molecule has 26 heavy (non-hydrogen) atoms. The molecule has 0 aliphatic carbocycles. The maximum atomic E-state index is 13.5. The van der Waals surface area contributed by atoms with E-state index in [4.69, 9.17) is 4.74 Å². The third-order valence-corrected chi connectivity index (χ3v) is 3.40. The van der Waals surface area contributed by atoms with Crippen molar-refractivity contribution < 1.29 is 18.3 Å². The number of amides is 1. The van der Waals surface area contributed by atoms with Crippen LogP contribution in [0.4, 0.5) is 14.6 Å². The fraction of sp³-hybridized carbons (Fsp3) is 0.176. The van der Waals surface area contributed by atoms with Crippen LogP contribution in [0.2, 0.25) is 0 Å². The Labute approximate surface area is 147 Å². The van der Waals surface area contributed by atoms with E-state index in [-0.39, 0.29) is 11.6 Å². The minimum absolute atomic E-state index is 0.215. The summed E-state index contributed by atoms with van der Waals surface area (Å²) >= 11 is 0. The summed E-state index contributed by atoms with van der Waals surface area (Å²) in [5.41, 5.74) is 1.72. The Kier molecular flexibility index (Phi) is 4.87. The second-order valence-corrected chi connectivity index (χ2v) is 5.51. The van der Waals surface area contributed by atoms with Gasteiger partial charge < -0.3 is 10.1 Å². The van der Waals surface area contributed by atoms with Crippen molar-refractivity contribution in [2.24, 2.45) is 0 Å². The number of carbonyl (C=O) groups excluding carboxylic acids is 1. The summed E-state index contributed by atoms with van der Waals surface area (Å²) in [5.74, 6) is -1.63. The van der Waals surface area contributed by atoms with Crippen LogP contribution in [0.25, 0.3) is 5.82 Å². The molecule has 0 radical (unpaired) electrons. The molecule has 0 unspecified atom stereocenters. The fourth-order valence-electron chi connectivity index (χ4n) is 2.31. The Morgan fingerprint density at radius 2 is 2.00 bits per heavy atom. The zero-order valence-corrected chi connectivity index (χ0v) is 14.0. The maximum absolute atomic E-state index is 13.5. The molecule has 0 saturated carbocycles. The van der Waals surface area contributed by atoms with Gasteiger partial charge in [0.15, 0.2) is 24.0 Å². The van der Waals surface area contributed by atoms with E-state index in [9.17, 15) is 13.6 Å². The molecule has 1 amide bonds. The summed E-state index contributed by atoms with van der Waals surface area (Å²) < 4.78 is 33.0. The lowest BCUT2D eigenvalue weighted by atomic mass is 10.3. The number of nitrogens with zero attached hydrogens (tertiary/aromatic N) is 4. The Bertz CT molecular complexity index is 958. The molecule has 0 atom stereocenters. The standard InChI is InChI=1S/C17H15F2N5O2/c1-10-5-11(2)24(23-10)16-7-15(20-9-21-16)22-17(25)8-26-14-4-3-12(18)6-13(14)19/h3-7,9H,8H2,1-2H3,(H,20,21,22,25). The maximum Gasteiger partial charge on any atom is 0.263 e. The average molecular weight is 359 g/mol. The van der Waals surface area contributed by atoms with Crippen molar-refractivity contribution in [3.8, 4) is 11.6 Å². The molecular weight excluding hydrogens is 344 g/mol. The number of hydrogen-bond acceptors (Lipinski definition) is 5. The lowest BCUT2D eigenvalue weighted by Crippen LogP contribution is -2.21. The first-order valence-corrected chi connectivity index (χ1v) is 7.66. The molecule has 0 saturated heterocycles. The minimum Gasteiger partial charge on any atom is -0.481 e. The van der Waals surface area contributed by atoms with Gasteiger partial charge in [-0.25, -0.2) is 23.4 Å². The number of rotatable bonds is 5. The second kappa shape index (κ2) is 7.26. The van der Waals surface area contributed by atoms with Crippen LogP contribution >= 0.6 is 0 Å². The molecule has 0 bridgehead atoms.